The molecule has 16 heavy (non-hydrogen) atoms. The zero-order chi connectivity index (χ0) is 12.8. The van der Waals surface area contributed by atoms with Gasteiger partial charge in [0.1, 0.15) is 0 Å². The molecule has 0 aromatic rings. The fourth-order valence-corrected chi connectivity index (χ4v) is 3.09. The highest BCUT2D eigenvalue weighted by Crippen LogP contribution is 2.37. The number of hydrogen-bond donors (Lipinski definition) is 1. The monoisotopic (exact) mass is 226 g/mol. The first-order valence-corrected chi connectivity index (χ1v) is 6.46. The topological polar surface area (TPSA) is 15.3 Å². The molecule has 0 radical (unpaired) electrons. The Balaban J connectivity index is 2.79. The average Bonchev–Trinajstić information content (AvgIpc) is 1.95. The maximum absolute atomic E-state index is 3.76. The van der Waals surface area contributed by atoms with Gasteiger partial charge in [-0.1, -0.05) is 0 Å². The van der Waals surface area contributed by atoms with E-state index < -0.39 is 0 Å². The highest BCUT2D eigenvalue weighted by Gasteiger charge is 2.43. The molecule has 0 amide bonds. The van der Waals surface area contributed by atoms with Crippen molar-refractivity contribution < 1.29 is 0 Å². The van der Waals surface area contributed by atoms with E-state index in [1.54, 1.807) is 0 Å². The Labute approximate surface area is 102 Å². The van der Waals surface area contributed by atoms with Crippen LogP contribution in [-0.2, 0) is 0 Å². The molecule has 2 heteroatoms. The van der Waals surface area contributed by atoms with Crippen molar-refractivity contribution in [1.82, 2.24) is 10.2 Å². The highest BCUT2D eigenvalue weighted by molar-refractivity contribution is 5.01. The molecule has 0 atom stereocenters. The lowest BCUT2D eigenvalue weighted by atomic mass is 9.77. The van der Waals surface area contributed by atoms with Crippen molar-refractivity contribution in [2.45, 2.75) is 84.0 Å². The molecule has 0 aromatic heterocycles. The van der Waals surface area contributed by atoms with Gasteiger partial charge in [-0.3, -0.25) is 4.90 Å². The van der Waals surface area contributed by atoms with E-state index in [0.29, 0.717) is 6.04 Å². The maximum atomic E-state index is 3.76. The molecule has 1 saturated heterocycles. The maximum Gasteiger partial charge on any atom is 0.0170 e. The Morgan fingerprint density at radius 3 is 1.69 bits per heavy atom. The van der Waals surface area contributed by atoms with Crippen molar-refractivity contribution in [2.24, 2.45) is 0 Å². The molecule has 0 aromatic carbocycles. The summed E-state index contributed by atoms with van der Waals surface area (Å²) in [6, 6.07) is 0.626. The minimum atomic E-state index is 0.215. The van der Waals surface area contributed by atoms with E-state index in [9.17, 15) is 0 Å². The van der Waals surface area contributed by atoms with Gasteiger partial charge in [-0.25, -0.2) is 0 Å². The molecule has 0 unspecified atom stereocenters. The van der Waals surface area contributed by atoms with E-state index in [1.165, 1.54) is 12.8 Å². The summed E-state index contributed by atoms with van der Waals surface area (Å²) < 4.78 is 0. The number of piperidine rings is 1. The lowest BCUT2D eigenvalue weighted by Crippen LogP contribution is -2.63. The van der Waals surface area contributed by atoms with Crippen LogP contribution in [0.2, 0.25) is 0 Å². The van der Waals surface area contributed by atoms with Crippen molar-refractivity contribution in [3.05, 3.63) is 0 Å². The lowest BCUT2D eigenvalue weighted by molar-refractivity contribution is -0.0221. The van der Waals surface area contributed by atoms with E-state index >= 15 is 0 Å². The summed E-state index contributed by atoms with van der Waals surface area (Å²) in [5, 5.41) is 3.76. The molecule has 0 spiro atoms. The minimum absolute atomic E-state index is 0.215. The highest BCUT2D eigenvalue weighted by atomic mass is 15.2. The third-order valence-corrected chi connectivity index (χ3v) is 3.94. The zero-order valence-electron chi connectivity index (χ0n) is 12.4. The quantitative estimate of drug-likeness (QED) is 0.739. The third kappa shape index (κ3) is 3.21. The fraction of sp³-hybridized carbons (Fsp3) is 1.00. The lowest BCUT2D eigenvalue weighted by Gasteiger charge is -2.54. The molecule has 1 fully saturated rings. The van der Waals surface area contributed by atoms with Crippen LogP contribution in [0.25, 0.3) is 0 Å². The second-order valence-corrected chi connectivity index (χ2v) is 7.68. The molecular formula is C14H30N2. The summed E-state index contributed by atoms with van der Waals surface area (Å²) in [5.41, 5.74) is 0.780. The molecule has 96 valence electrons. The summed E-state index contributed by atoms with van der Waals surface area (Å²) in [6.07, 6.45) is 2.45. The first-order valence-electron chi connectivity index (χ1n) is 6.46. The van der Waals surface area contributed by atoms with Gasteiger partial charge in [-0.15, -0.1) is 0 Å². The van der Waals surface area contributed by atoms with Gasteiger partial charge in [0, 0.05) is 22.7 Å². The van der Waals surface area contributed by atoms with Crippen molar-refractivity contribution in [3.63, 3.8) is 0 Å². The zero-order valence-corrected chi connectivity index (χ0v) is 12.4. The Morgan fingerprint density at radius 2 is 1.38 bits per heavy atom. The summed E-state index contributed by atoms with van der Waals surface area (Å²) in [5.74, 6) is 0. The molecular weight excluding hydrogens is 196 g/mol. The molecule has 1 heterocycles. The summed E-state index contributed by atoms with van der Waals surface area (Å²) in [6.45, 7) is 16.2. The second-order valence-electron chi connectivity index (χ2n) is 7.68. The number of likely N-dealkylation sites (tertiary alicyclic amines) is 1. The molecule has 1 N–H and O–H groups in total. The molecule has 1 aliphatic heterocycles. The van der Waals surface area contributed by atoms with E-state index in [0.717, 1.165) is 0 Å². The van der Waals surface area contributed by atoms with Gasteiger partial charge in [0.15, 0.2) is 0 Å². The van der Waals surface area contributed by atoms with E-state index in [4.69, 9.17) is 0 Å². The van der Waals surface area contributed by atoms with Crippen LogP contribution in [-0.4, -0.2) is 34.6 Å². The second kappa shape index (κ2) is 3.99. The van der Waals surface area contributed by atoms with Crippen molar-refractivity contribution in [3.8, 4) is 0 Å². The molecule has 0 aliphatic carbocycles. The van der Waals surface area contributed by atoms with Crippen LogP contribution in [0.5, 0.6) is 0 Å². The van der Waals surface area contributed by atoms with Crippen LogP contribution < -0.4 is 5.32 Å². The summed E-state index contributed by atoms with van der Waals surface area (Å²) in [4.78, 5) is 2.53. The van der Waals surface area contributed by atoms with Crippen LogP contribution >= 0.6 is 0 Å². The molecule has 0 saturated carbocycles. The Hall–Kier alpha value is -0.0800. The van der Waals surface area contributed by atoms with E-state index in [1.807, 2.05) is 0 Å². The largest absolute Gasteiger partial charge is 0.309 e. The van der Waals surface area contributed by atoms with Gasteiger partial charge in [0.25, 0.3) is 0 Å². The minimum Gasteiger partial charge on any atom is -0.309 e. The first-order chi connectivity index (χ1) is 6.94. The van der Waals surface area contributed by atoms with Crippen molar-refractivity contribution in [1.29, 1.82) is 0 Å². The molecule has 0 bridgehead atoms. The van der Waals surface area contributed by atoms with E-state index in [-0.39, 0.29) is 16.6 Å². The van der Waals surface area contributed by atoms with E-state index in [2.05, 4.69) is 65.7 Å². The molecule has 1 aliphatic rings. The number of nitrogens with zero attached hydrogens (tertiary/aromatic N) is 1. The number of rotatable bonds is 1. The normalized spacial score (nSPS) is 27.0. The van der Waals surface area contributed by atoms with Crippen LogP contribution in [0.3, 0.4) is 0 Å². The van der Waals surface area contributed by atoms with Gasteiger partial charge < -0.3 is 5.32 Å². The average molecular weight is 226 g/mol. The predicted octanol–water partition coefficient (Wildman–Crippen LogP) is 3.03. The van der Waals surface area contributed by atoms with Gasteiger partial charge >= 0.3 is 0 Å². The van der Waals surface area contributed by atoms with Gasteiger partial charge in [-0.2, -0.15) is 0 Å². The summed E-state index contributed by atoms with van der Waals surface area (Å²) >= 11 is 0. The summed E-state index contributed by atoms with van der Waals surface area (Å²) in [7, 11) is 2.26. The van der Waals surface area contributed by atoms with Gasteiger partial charge in [-0.05, 0) is 68.4 Å². The predicted molar refractivity (Wildman–Crippen MR) is 71.8 cm³/mol. The molecule has 1 rings (SSSR count). The molecule has 2 nitrogen and oxygen atoms in total. The smallest absolute Gasteiger partial charge is 0.0170 e. The standard InChI is InChI=1S/C14H30N2/c1-12(2,3)15-11-9-13(4,5)16(8)14(6,7)10-11/h11,15H,9-10H2,1-8H3. The Morgan fingerprint density at radius 1 is 1.00 bits per heavy atom. The van der Waals surface area contributed by atoms with Crippen LogP contribution in [0.4, 0.5) is 0 Å². The van der Waals surface area contributed by atoms with Gasteiger partial charge in [0.05, 0.1) is 0 Å². The Bertz CT molecular complexity index is 230. The number of hydrogen-bond acceptors (Lipinski definition) is 2. The number of nitrogens with one attached hydrogen (secondary N) is 1. The first kappa shape index (κ1) is 14.0. The van der Waals surface area contributed by atoms with Crippen LogP contribution in [0, 0.1) is 0 Å². The van der Waals surface area contributed by atoms with Crippen LogP contribution in [0.1, 0.15) is 61.3 Å². The SMILES string of the molecule is CN1C(C)(C)CC(NC(C)(C)C)CC1(C)C. The van der Waals surface area contributed by atoms with Crippen molar-refractivity contribution in [2.75, 3.05) is 7.05 Å². The third-order valence-electron chi connectivity index (χ3n) is 3.94. The van der Waals surface area contributed by atoms with Gasteiger partial charge in [0.2, 0.25) is 0 Å². The van der Waals surface area contributed by atoms with Crippen LogP contribution in [0.15, 0.2) is 0 Å². The van der Waals surface area contributed by atoms with Crippen molar-refractivity contribution >= 4 is 0 Å². The Kier molecular flexibility index (Phi) is 3.49. The fourth-order valence-electron chi connectivity index (χ4n) is 3.09.